The zero-order chi connectivity index (χ0) is 10.7. The van der Waals surface area contributed by atoms with E-state index in [-0.39, 0.29) is 1.48 Å². The quantitative estimate of drug-likeness (QED) is 0.592. The van der Waals surface area contributed by atoms with Crippen molar-refractivity contribution in [2.24, 2.45) is 0 Å². The average Bonchev–Trinajstić information content (AvgIpc) is 2.15. The van der Waals surface area contributed by atoms with Crippen molar-refractivity contribution in [1.82, 2.24) is 0 Å². The largest absolute Gasteiger partial charge is 0.590 e. The van der Waals surface area contributed by atoms with Gasteiger partial charge >= 0.3 is 0 Å². The van der Waals surface area contributed by atoms with Crippen molar-refractivity contribution in [3.05, 3.63) is 0 Å². The van der Waals surface area contributed by atoms with Gasteiger partial charge in [-0.25, -0.2) is 0 Å². The minimum atomic E-state index is -0.250. The molecule has 0 fully saturated rings. The first kappa shape index (κ1) is 11.8. The van der Waals surface area contributed by atoms with E-state index in [1.165, 1.54) is 13.1 Å². The molecule has 0 aliphatic rings. The Morgan fingerprint density at radius 1 is 1.33 bits per heavy atom. The molecule has 0 saturated carbocycles. The molecule has 0 aromatic carbocycles. The Bertz CT molecular complexity index is 102. The summed E-state index contributed by atoms with van der Waals surface area (Å²) < 4.78 is 24.6. The molecular formula is C8H21F2NO. The Morgan fingerprint density at radius 2 is 1.75 bits per heavy atom. The number of hydrogen-bond donors (Lipinski definition) is 0. The van der Waals surface area contributed by atoms with Crippen LogP contribution >= 0.6 is 0 Å². The molecule has 0 amide bonds. The highest BCUT2D eigenvalue weighted by molar-refractivity contribution is 4.32. The minimum absolute atomic E-state index is 0.250. The number of quaternary nitrogens is 1. The lowest BCUT2D eigenvalue weighted by Crippen LogP contribution is -2.45. The Morgan fingerprint density at radius 3 is 2.00 bits per heavy atom. The Hall–Kier alpha value is -0.220. The number of hydrogen-bond acceptors (Lipinski definition) is 1. The summed E-state index contributed by atoms with van der Waals surface area (Å²) in [6, 6.07) is 0. The maximum absolute atomic E-state index is 9.38. The zero-order valence-electron chi connectivity index (χ0n) is 9.44. The highest BCUT2D eigenvalue weighted by atomic mass is 19.0. The maximum Gasteiger partial charge on any atom is 0.180 e. The third-order valence-electron chi connectivity index (χ3n) is 2.36. The summed E-state index contributed by atoms with van der Waals surface area (Å²) >= 11 is 0. The molecule has 0 heterocycles. The lowest BCUT2D eigenvalue weighted by atomic mass is 10.4. The second kappa shape index (κ2) is 8.87. The van der Waals surface area contributed by atoms with Crippen molar-refractivity contribution in [3.8, 4) is 0 Å². The number of halogens is 2. The van der Waals surface area contributed by atoms with Crippen molar-refractivity contribution < 1.29 is 18.7 Å². The van der Waals surface area contributed by atoms with Crippen LogP contribution in [0.25, 0.3) is 0 Å². The van der Waals surface area contributed by atoms with E-state index in [9.17, 15) is 9.44 Å². The van der Waals surface area contributed by atoms with Crippen LogP contribution in [-0.4, -0.2) is 46.4 Å². The summed E-state index contributed by atoms with van der Waals surface area (Å²) in [5.41, 5.74) is 0. The van der Waals surface area contributed by atoms with E-state index in [0.29, 0.717) is 0 Å². The predicted molar refractivity (Wildman–Crippen MR) is 47.6 cm³/mol. The van der Waals surface area contributed by atoms with E-state index in [1.54, 1.807) is 7.11 Å². The van der Waals surface area contributed by atoms with Crippen molar-refractivity contribution in [2.75, 3.05) is 40.4 Å². The molecule has 2 nitrogen and oxygen atoms in total. The normalized spacial score (nSPS) is 10.8. The van der Waals surface area contributed by atoms with E-state index in [0.717, 1.165) is 17.6 Å². The third kappa shape index (κ3) is 6.49. The van der Waals surface area contributed by atoms with Gasteiger partial charge in [-0.3, -0.25) is 0 Å². The Kier molecular flexibility index (Phi) is 8.71. The molecule has 0 unspecified atom stereocenters. The monoisotopic (exact) mass is 185 g/mol. The SMILES string of the molecule is CC[N+](C)(CC)CCOC.F[H-]F. The molecule has 0 spiro atoms. The Balaban J connectivity index is 0. The molecule has 0 aliphatic heterocycles. The molecule has 0 atom stereocenters. The van der Waals surface area contributed by atoms with E-state index < -0.39 is 0 Å². The summed E-state index contributed by atoms with van der Waals surface area (Å²) in [5.74, 6) is 0. The van der Waals surface area contributed by atoms with Gasteiger partial charge in [0.15, 0.2) is 1.48 Å². The molecule has 0 aromatic rings. The number of methoxy groups -OCH3 is 1. The lowest BCUT2D eigenvalue weighted by molar-refractivity contribution is -0.906. The zero-order valence-corrected chi connectivity index (χ0v) is 8.44. The van der Waals surface area contributed by atoms with Crippen molar-refractivity contribution in [1.29, 1.82) is 1.48 Å². The van der Waals surface area contributed by atoms with Crippen LogP contribution in [0, 0.1) is 0 Å². The van der Waals surface area contributed by atoms with Gasteiger partial charge in [0.2, 0.25) is 0 Å². The topological polar surface area (TPSA) is 9.23 Å². The highest BCUT2D eigenvalue weighted by Gasteiger charge is 2.14. The van der Waals surface area contributed by atoms with Gasteiger partial charge in [0.05, 0.1) is 26.7 Å². The van der Waals surface area contributed by atoms with Gasteiger partial charge in [0.1, 0.15) is 6.54 Å². The van der Waals surface area contributed by atoms with Crippen molar-refractivity contribution >= 4 is 0 Å². The van der Waals surface area contributed by atoms with Gasteiger partial charge < -0.3 is 18.7 Å². The first-order chi connectivity index (χ1) is 6.10. The molecule has 0 rings (SSSR count). The van der Waals surface area contributed by atoms with Crippen molar-refractivity contribution in [2.45, 2.75) is 13.8 Å². The summed E-state index contributed by atoms with van der Waals surface area (Å²) in [4.78, 5) is 0. The van der Waals surface area contributed by atoms with Crippen LogP contribution in [0.15, 0.2) is 0 Å². The standard InChI is InChI=1S/C8H20NO.F2H/c1-5-9(3,6-2)7-8-10-4;1-3-2/h5-8H2,1-4H3;/q+1;-1. The molecule has 0 N–H and O–H groups in total. The van der Waals surface area contributed by atoms with Crippen LogP contribution < -0.4 is 0 Å². The van der Waals surface area contributed by atoms with E-state index in [2.05, 4.69) is 20.9 Å². The van der Waals surface area contributed by atoms with Gasteiger partial charge in [0, 0.05) is 7.11 Å². The predicted octanol–water partition coefficient (Wildman–Crippen LogP) is 1.69. The molecule has 4 heteroatoms. The molecular weight excluding hydrogens is 164 g/mol. The number of nitrogens with zero attached hydrogens (tertiary/aromatic N) is 1. The van der Waals surface area contributed by atoms with Crippen LogP contribution in [0.5, 0.6) is 0 Å². The van der Waals surface area contributed by atoms with Crippen LogP contribution in [0.1, 0.15) is 13.8 Å². The highest BCUT2D eigenvalue weighted by Crippen LogP contribution is 1.99. The number of likely N-dealkylation sites (N-methyl/N-ethyl adjacent to an activating group) is 1. The van der Waals surface area contributed by atoms with E-state index in [4.69, 9.17) is 4.74 Å². The third-order valence-corrected chi connectivity index (χ3v) is 2.36. The van der Waals surface area contributed by atoms with Gasteiger partial charge in [0.25, 0.3) is 0 Å². The van der Waals surface area contributed by atoms with Crippen LogP contribution in [0.4, 0.5) is 9.44 Å². The van der Waals surface area contributed by atoms with Gasteiger partial charge in [-0.15, -0.1) is 0 Å². The molecule has 0 saturated heterocycles. The summed E-state index contributed by atoms with van der Waals surface area (Å²) in [7, 11) is 4.02. The summed E-state index contributed by atoms with van der Waals surface area (Å²) in [6.45, 7) is 8.83. The summed E-state index contributed by atoms with van der Waals surface area (Å²) in [5, 5.41) is 0. The fourth-order valence-corrected chi connectivity index (χ4v) is 0.852. The first-order valence-electron chi connectivity index (χ1n) is 4.76. The second-order valence-corrected chi connectivity index (χ2v) is 2.97. The lowest BCUT2D eigenvalue weighted by Gasteiger charge is -2.31. The fourth-order valence-electron chi connectivity index (χ4n) is 0.852. The fraction of sp³-hybridized carbons (Fsp3) is 1.00. The van der Waals surface area contributed by atoms with Gasteiger partial charge in [-0.2, -0.15) is 0 Å². The van der Waals surface area contributed by atoms with Crippen LogP contribution in [0.2, 0.25) is 0 Å². The maximum atomic E-state index is 9.38. The average molecular weight is 185 g/mol. The summed E-state index contributed by atoms with van der Waals surface area (Å²) in [6.07, 6.45) is 0. The Labute approximate surface area is 75.4 Å². The smallest absolute Gasteiger partial charge is 0.180 e. The molecule has 0 aliphatic carbocycles. The molecule has 12 heavy (non-hydrogen) atoms. The van der Waals surface area contributed by atoms with Gasteiger partial charge in [-0.05, 0) is 13.8 Å². The molecule has 0 bridgehead atoms. The number of ether oxygens (including phenoxy) is 1. The molecule has 0 radical (unpaired) electrons. The van der Waals surface area contributed by atoms with E-state index in [1.807, 2.05) is 0 Å². The second-order valence-electron chi connectivity index (χ2n) is 2.97. The van der Waals surface area contributed by atoms with Crippen LogP contribution in [0.3, 0.4) is 0 Å². The van der Waals surface area contributed by atoms with Gasteiger partial charge in [-0.1, -0.05) is 0 Å². The first-order valence-corrected chi connectivity index (χ1v) is 4.01. The van der Waals surface area contributed by atoms with E-state index >= 15 is 0 Å². The number of rotatable bonds is 5. The van der Waals surface area contributed by atoms with Crippen LogP contribution in [-0.2, 0) is 4.74 Å². The minimum Gasteiger partial charge on any atom is -0.590 e. The molecule has 78 valence electrons. The van der Waals surface area contributed by atoms with Crippen molar-refractivity contribution in [3.63, 3.8) is 0 Å². The molecule has 0 aromatic heterocycles.